The third-order valence-electron chi connectivity index (χ3n) is 3.95. The highest BCUT2D eigenvalue weighted by molar-refractivity contribution is 9.14. The van der Waals surface area contributed by atoms with Crippen molar-refractivity contribution in [2.45, 2.75) is 19.4 Å². The normalized spacial score (nSPS) is 13.6. The molecule has 3 nitrogen and oxygen atoms in total. The molecule has 3 aromatic rings. The van der Waals surface area contributed by atoms with Crippen LogP contribution >= 0.6 is 47.8 Å². The Bertz CT molecular complexity index is 872. The molecule has 0 aliphatic carbocycles. The number of halogens is 3. The van der Waals surface area contributed by atoms with Gasteiger partial charge in [-0.3, -0.25) is 0 Å². The van der Waals surface area contributed by atoms with E-state index in [0.717, 1.165) is 50.0 Å². The van der Waals surface area contributed by atoms with Gasteiger partial charge in [0.15, 0.2) is 0 Å². The van der Waals surface area contributed by atoms with E-state index in [-0.39, 0.29) is 0 Å². The standard InChI is InChI=1S/C16H12Br3N3/c17-11-10-7-4-8-22-15(10)14(13(19)12(11)18)21-16(22)20-9-5-2-1-3-6-9/h1-3,5-6H,4,7-8H2,(H,20,21). The second-order valence-corrected chi connectivity index (χ2v) is 7.68. The van der Waals surface area contributed by atoms with Crippen LogP contribution in [0.1, 0.15) is 12.0 Å². The first-order chi connectivity index (χ1) is 10.7. The maximum Gasteiger partial charge on any atom is 0.208 e. The minimum atomic E-state index is 0.896. The average molecular weight is 486 g/mol. The van der Waals surface area contributed by atoms with Crippen molar-refractivity contribution >= 4 is 70.5 Å². The molecule has 0 atom stereocenters. The predicted molar refractivity (Wildman–Crippen MR) is 101 cm³/mol. The van der Waals surface area contributed by atoms with Crippen molar-refractivity contribution in [1.82, 2.24) is 9.55 Å². The van der Waals surface area contributed by atoms with E-state index in [1.54, 1.807) is 0 Å². The lowest BCUT2D eigenvalue weighted by Crippen LogP contribution is -2.11. The molecule has 0 saturated carbocycles. The first kappa shape index (κ1) is 14.7. The Labute approximate surface area is 153 Å². The van der Waals surface area contributed by atoms with Crippen LogP contribution in [-0.2, 0) is 13.0 Å². The number of aryl methyl sites for hydroxylation is 2. The Morgan fingerprint density at radius 3 is 2.55 bits per heavy atom. The molecule has 4 rings (SSSR count). The summed E-state index contributed by atoms with van der Waals surface area (Å²) in [6, 6.07) is 10.2. The highest BCUT2D eigenvalue weighted by Crippen LogP contribution is 2.43. The molecular formula is C16H12Br3N3. The van der Waals surface area contributed by atoms with E-state index in [2.05, 4.69) is 69.8 Å². The molecule has 1 N–H and O–H groups in total. The molecule has 0 spiro atoms. The van der Waals surface area contributed by atoms with Crippen LogP contribution in [0.4, 0.5) is 11.6 Å². The third-order valence-corrected chi connectivity index (χ3v) is 7.45. The van der Waals surface area contributed by atoms with Crippen molar-refractivity contribution in [3.63, 3.8) is 0 Å². The Morgan fingerprint density at radius 2 is 1.77 bits per heavy atom. The number of nitrogens with zero attached hydrogens (tertiary/aromatic N) is 2. The van der Waals surface area contributed by atoms with Crippen molar-refractivity contribution in [3.05, 3.63) is 49.3 Å². The third kappa shape index (κ3) is 2.23. The predicted octanol–water partition coefficient (Wildman–Crippen LogP) is 6.01. The molecule has 0 radical (unpaired) electrons. The molecule has 112 valence electrons. The highest BCUT2D eigenvalue weighted by atomic mass is 79.9. The summed E-state index contributed by atoms with van der Waals surface area (Å²) >= 11 is 11.0. The van der Waals surface area contributed by atoms with Crippen LogP contribution in [0.15, 0.2) is 43.7 Å². The zero-order valence-corrected chi connectivity index (χ0v) is 16.3. The first-order valence-electron chi connectivity index (χ1n) is 7.04. The van der Waals surface area contributed by atoms with E-state index >= 15 is 0 Å². The van der Waals surface area contributed by atoms with Crippen LogP contribution < -0.4 is 5.32 Å². The van der Waals surface area contributed by atoms with Crippen molar-refractivity contribution in [2.75, 3.05) is 5.32 Å². The van der Waals surface area contributed by atoms with Crippen molar-refractivity contribution in [2.24, 2.45) is 0 Å². The van der Waals surface area contributed by atoms with Crippen LogP contribution in [-0.4, -0.2) is 9.55 Å². The zero-order chi connectivity index (χ0) is 15.3. The fourth-order valence-electron chi connectivity index (χ4n) is 2.95. The van der Waals surface area contributed by atoms with E-state index in [1.165, 1.54) is 11.1 Å². The molecule has 6 heteroatoms. The number of hydrogen-bond acceptors (Lipinski definition) is 2. The summed E-state index contributed by atoms with van der Waals surface area (Å²) in [6.07, 6.45) is 2.19. The van der Waals surface area contributed by atoms with Gasteiger partial charge in [-0.2, -0.15) is 0 Å². The molecule has 2 aromatic carbocycles. The molecule has 0 saturated heterocycles. The summed E-state index contributed by atoms with van der Waals surface area (Å²) in [6.45, 7) is 0.985. The molecule has 1 aliphatic heterocycles. The second kappa shape index (κ2) is 5.65. The fraction of sp³-hybridized carbons (Fsp3) is 0.188. The highest BCUT2D eigenvalue weighted by Gasteiger charge is 2.24. The van der Waals surface area contributed by atoms with Crippen LogP contribution in [0.3, 0.4) is 0 Å². The number of anilines is 2. The summed E-state index contributed by atoms with van der Waals surface area (Å²) in [7, 11) is 0. The van der Waals surface area contributed by atoms with Crippen LogP contribution in [0.5, 0.6) is 0 Å². The number of aromatic nitrogens is 2. The molecule has 0 fully saturated rings. The molecule has 0 bridgehead atoms. The quantitative estimate of drug-likeness (QED) is 0.450. The van der Waals surface area contributed by atoms with Gasteiger partial charge in [0.25, 0.3) is 0 Å². The van der Waals surface area contributed by atoms with Gasteiger partial charge in [0.1, 0.15) is 5.52 Å². The van der Waals surface area contributed by atoms with E-state index in [1.807, 2.05) is 18.2 Å². The first-order valence-corrected chi connectivity index (χ1v) is 9.42. The van der Waals surface area contributed by atoms with Crippen LogP contribution in [0.2, 0.25) is 0 Å². The van der Waals surface area contributed by atoms with Gasteiger partial charge in [-0.1, -0.05) is 18.2 Å². The summed E-state index contributed by atoms with van der Waals surface area (Å²) in [5.74, 6) is 0.896. The number of imidazole rings is 1. The van der Waals surface area contributed by atoms with Gasteiger partial charge in [0.2, 0.25) is 5.95 Å². The van der Waals surface area contributed by atoms with Gasteiger partial charge < -0.3 is 9.88 Å². The van der Waals surface area contributed by atoms with E-state index in [9.17, 15) is 0 Å². The van der Waals surface area contributed by atoms with Gasteiger partial charge in [-0.05, 0) is 78.3 Å². The monoisotopic (exact) mass is 483 g/mol. The zero-order valence-electron chi connectivity index (χ0n) is 11.5. The van der Waals surface area contributed by atoms with Gasteiger partial charge in [0, 0.05) is 21.2 Å². The van der Waals surface area contributed by atoms with Crippen molar-refractivity contribution in [1.29, 1.82) is 0 Å². The summed E-state index contributed by atoms with van der Waals surface area (Å²) in [5.41, 5.74) is 4.59. The molecular weight excluding hydrogens is 474 g/mol. The molecule has 22 heavy (non-hydrogen) atoms. The van der Waals surface area contributed by atoms with Gasteiger partial charge >= 0.3 is 0 Å². The fourth-order valence-corrected chi connectivity index (χ4v) is 4.71. The Kier molecular flexibility index (Phi) is 3.78. The Morgan fingerprint density at radius 1 is 1.00 bits per heavy atom. The number of hydrogen-bond donors (Lipinski definition) is 1. The largest absolute Gasteiger partial charge is 0.326 e. The SMILES string of the molecule is Brc1c(Br)c2c3c(nc(Nc4ccccc4)n3CCC2)c1Br. The summed E-state index contributed by atoms with van der Waals surface area (Å²) in [4.78, 5) is 4.84. The summed E-state index contributed by atoms with van der Waals surface area (Å²) < 4.78 is 5.44. The smallest absolute Gasteiger partial charge is 0.208 e. The lowest BCUT2D eigenvalue weighted by molar-refractivity contribution is 0.637. The maximum absolute atomic E-state index is 4.84. The topological polar surface area (TPSA) is 29.9 Å². The van der Waals surface area contributed by atoms with Gasteiger partial charge in [-0.15, -0.1) is 0 Å². The van der Waals surface area contributed by atoms with Crippen molar-refractivity contribution < 1.29 is 0 Å². The molecule has 0 amide bonds. The van der Waals surface area contributed by atoms with Crippen LogP contribution in [0.25, 0.3) is 11.0 Å². The molecule has 1 aliphatic rings. The van der Waals surface area contributed by atoms with Crippen LogP contribution in [0, 0.1) is 0 Å². The second-order valence-electron chi connectivity index (χ2n) is 5.30. The number of benzene rings is 2. The minimum Gasteiger partial charge on any atom is -0.326 e. The number of rotatable bonds is 2. The number of nitrogens with one attached hydrogen (secondary N) is 1. The average Bonchev–Trinajstić information content (AvgIpc) is 2.91. The van der Waals surface area contributed by atoms with E-state index < -0.39 is 0 Å². The summed E-state index contributed by atoms with van der Waals surface area (Å²) in [5, 5.41) is 3.44. The van der Waals surface area contributed by atoms with Gasteiger partial charge in [0.05, 0.1) is 9.99 Å². The molecule has 1 aromatic heterocycles. The van der Waals surface area contributed by atoms with E-state index in [4.69, 9.17) is 4.98 Å². The Hall–Kier alpha value is -0.850. The van der Waals surface area contributed by atoms with Gasteiger partial charge in [-0.25, -0.2) is 4.98 Å². The molecule has 2 heterocycles. The lowest BCUT2D eigenvalue weighted by Gasteiger charge is -2.19. The Balaban J connectivity index is 1.95. The minimum absolute atomic E-state index is 0.896. The van der Waals surface area contributed by atoms with E-state index in [0.29, 0.717) is 0 Å². The molecule has 0 unspecified atom stereocenters. The maximum atomic E-state index is 4.84. The lowest BCUT2D eigenvalue weighted by atomic mass is 10.0. The number of para-hydroxylation sites is 1. The van der Waals surface area contributed by atoms with Crippen molar-refractivity contribution in [3.8, 4) is 0 Å².